The van der Waals surface area contributed by atoms with Crippen molar-refractivity contribution in [1.29, 1.82) is 0 Å². The zero-order valence-corrected chi connectivity index (χ0v) is 29.9. The zero-order chi connectivity index (χ0) is 36.2. The predicted molar refractivity (Wildman–Crippen MR) is 188 cm³/mol. The molecule has 10 heteroatoms. The van der Waals surface area contributed by atoms with Crippen LogP contribution in [0, 0.1) is 49.4 Å². The fraction of sp³-hybridized carbons (Fsp3) is 0.512. The van der Waals surface area contributed by atoms with Gasteiger partial charge in [-0.3, -0.25) is 9.59 Å². The number of carbonyl (C=O) groups excluding carboxylic acids is 4. The van der Waals surface area contributed by atoms with Crippen LogP contribution in [0.1, 0.15) is 80.0 Å². The van der Waals surface area contributed by atoms with Crippen LogP contribution in [0.15, 0.2) is 48.5 Å². The minimum atomic E-state index is -1.21. The minimum Gasteiger partial charge on any atom is -0.453 e. The predicted octanol–water partition coefficient (Wildman–Crippen LogP) is 5.94. The maximum atomic E-state index is 13.8. The lowest BCUT2D eigenvalue weighted by Crippen LogP contribution is -2.53. The molecular formula is C41H46N2O8. The number of nitrogens with zero attached hydrogens (tertiary/aromatic N) is 2. The third kappa shape index (κ3) is 7.56. The number of carbonyl (C=O) groups is 4. The van der Waals surface area contributed by atoms with Crippen molar-refractivity contribution in [3.05, 3.63) is 70.8 Å². The Balaban J connectivity index is 1.26. The molecule has 4 aliphatic rings. The Morgan fingerprint density at radius 1 is 0.686 bits per heavy atom. The molecule has 268 valence electrons. The van der Waals surface area contributed by atoms with Crippen LogP contribution in [0.2, 0.25) is 0 Å². The van der Waals surface area contributed by atoms with E-state index in [4.69, 9.17) is 18.9 Å². The number of likely N-dealkylation sites (tertiary alicyclic amines) is 2. The first-order chi connectivity index (χ1) is 24.6. The van der Waals surface area contributed by atoms with E-state index in [-0.39, 0.29) is 23.9 Å². The van der Waals surface area contributed by atoms with E-state index in [1.54, 1.807) is 9.80 Å². The standard InChI is InChI=1S/C41H46N2O8/c1-28-12-14-30(15-13-28)16-22-40(20-6-10-34-32(40)18-24-42(34)38(46)48-3)50-36(44)27-37(45)51-41(23-17-31-9-5-8-29(2)26-31)21-7-11-35-33(41)19-25-43(35)39(47)49-4/h5,8-9,12-15,26,32-35H,6-7,10-11,18-21,24-25,27H2,1-4H3/t32-,33-,34+,35+,40+,41+/m0/s1. The van der Waals surface area contributed by atoms with Crippen molar-refractivity contribution in [2.75, 3.05) is 27.3 Å². The number of hydrogen-bond donors (Lipinski definition) is 0. The molecule has 2 saturated heterocycles. The summed E-state index contributed by atoms with van der Waals surface area (Å²) in [5.41, 5.74) is 1.30. The Labute approximate surface area is 300 Å². The van der Waals surface area contributed by atoms with Gasteiger partial charge in [0, 0.05) is 48.1 Å². The highest BCUT2D eigenvalue weighted by Gasteiger charge is 2.56. The summed E-state index contributed by atoms with van der Waals surface area (Å²) >= 11 is 0. The number of ether oxygens (including phenoxy) is 4. The third-order valence-electron chi connectivity index (χ3n) is 11.0. The van der Waals surface area contributed by atoms with Gasteiger partial charge in [0.05, 0.1) is 14.2 Å². The highest BCUT2D eigenvalue weighted by Crippen LogP contribution is 2.47. The molecule has 2 aliphatic heterocycles. The summed E-state index contributed by atoms with van der Waals surface area (Å²) in [6, 6.07) is 15.1. The maximum Gasteiger partial charge on any atom is 0.409 e. The quantitative estimate of drug-likeness (QED) is 0.167. The molecule has 2 saturated carbocycles. The van der Waals surface area contributed by atoms with Crippen molar-refractivity contribution in [2.45, 2.75) is 94.9 Å². The summed E-state index contributed by atoms with van der Waals surface area (Å²) < 4.78 is 22.7. The highest BCUT2D eigenvalue weighted by molar-refractivity contribution is 5.92. The molecule has 10 nitrogen and oxygen atoms in total. The second-order valence-electron chi connectivity index (χ2n) is 14.2. The summed E-state index contributed by atoms with van der Waals surface area (Å²) in [5.74, 6) is 11.1. The van der Waals surface area contributed by atoms with E-state index >= 15 is 0 Å². The first-order valence-corrected chi connectivity index (χ1v) is 17.9. The number of aryl methyl sites for hydroxylation is 2. The minimum absolute atomic E-state index is 0.210. The lowest BCUT2D eigenvalue weighted by Gasteiger charge is -2.43. The molecule has 2 amide bonds. The molecule has 0 spiro atoms. The Hall–Kier alpha value is -4.96. The Kier molecular flexibility index (Phi) is 10.6. The first kappa shape index (κ1) is 35.9. The van der Waals surface area contributed by atoms with Crippen LogP contribution in [0.4, 0.5) is 9.59 Å². The summed E-state index contributed by atoms with van der Waals surface area (Å²) in [6.45, 7) is 4.91. The van der Waals surface area contributed by atoms with E-state index in [9.17, 15) is 19.2 Å². The van der Waals surface area contributed by atoms with Crippen LogP contribution >= 0.6 is 0 Å². The van der Waals surface area contributed by atoms with Crippen LogP contribution in [0.3, 0.4) is 0 Å². The van der Waals surface area contributed by atoms with Crippen LogP contribution in [0.5, 0.6) is 0 Å². The maximum absolute atomic E-state index is 13.8. The van der Waals surface area contributed by atoms with Gasteiger partial charge in [0.1, 0.15) is 6.42 Å². The molecule has 2 aromatic rings. The first-order valence-electron chi connectivity index (χ1n) is 17.9. The number of amides is 2. The number of fused-ring (bicyclic) bond motifs is 2. The zero-order valence-electron chi connectivity index (χ0n) is 29.9. The van der Waals surface area contributed by atoms with Gasteiger partial charge in [0.15, 0.2) is 11.2 Å². The van der Waals surface area contributed by atoms with E-state index in [0.29, 0.717) is 51.6 Å². The van der Waals surface area contributed by atoms with Crippen LogP contribution < -0.4 is 0 Å². The topological polar surface area (TPSA) is 112 Å². The fourth-order valence-corrected chi connectivity index (χ4v) is 8.64. The van der Waals surface area contributed by atoms with Gasteiger partial charge >= 0.3 is 24.1 Å². The van der Waals surface area contributed by atoms with Gasteiger partial charge in [-0.25, -0.2) is 9.59 Å². The van der Waals surface area contributed by atoms with Crippen molar-refractivity contribution in [2.24, 2.45) is 11.8 Å². The van der Waals surface area contributed by atoms with E-state index in [2.05, 4.69) is 23.7 Å². The lowest BCUT2D eigenvalue weighted by molar-refractivity contribution is -0.174. The summed E-state index contributed by atoms with van der Waals surface area (Å²) in [5, 5.41) is 0. The molecule has 0 N–H and O–H groups in total. The van der Waals surface area contributed by atoms with E-state index in [1.807, 2.05) is 62.4 Å². The van der Waals surface area contributed by atoms with Gasteiger partial charge < -0.3 is 28.7 Å². The molecule has 0 aromatic heterocycles. The van der Waals surface area contributed by atoms with Gasteiger partial charge in [0.25, 0.3) is 0 Å². The SMILES string of the molecule is COC(=O)N1CC[C@H]2[C@H]1CCC[C@]2(C#Cc1ccc(C)cc1)OC(=O)CC(=O)O[C@@]1(C#Cc2cccc(C)c2)CCC[C@@H]2[C@@H]1CCN2C(=O)OC. The lowest BCUT2D eigenvalue weighted by atomic mass is 9.72. The van der Waals surface area contributed by atoms with Gasteiger partial charge in [-0.15, -0.1) is 0 Å². The largest absolute Gasteiger partial charge is 0.453 e. The van der Waals surface area contributed by atoms with Crippen LogP contribution in [-0.4, -0.2) is 84.5 Å². The number of rotatable bonds is 4. The number of benzene rings is 2. The van der Waals surface area contributed by atoms with Crippen molar-refractivity contribution < 1.29 is 38.1 Å². The fourth-order valence-electron chi connectivity index (χ4n) is 8.64. The van der Waals surface area contributed by atoms with Crippen LogP contribution in [-0.2, 0) is 28.5 Å². The van der Waals surface area contributed by atoms with E-state index in [1.165, 1.54) is 14.2 Å². The summed E-state index contributed by atoms with van der Waals surface area (Å²) in [6.07, 6.45) is 3.47. The van der Waals surface area contributed by atoms with Crippen molar-refractivity contribution in [3.63, 3.8) is 0 Å². The average Bonchev–Trinajstić information content (AvgIpc) is 3.77. The molecule has 51 heavy (non-hydrogen) atoms. The van der Waals surface area contributed by atoms with Gasteiger partial charge in [-0.05, 0) is 107 Å². The molecule has 0 radical (unpaired) electrons. The van der Waals surface area contributed by atoms with Crippen LogP contribution in [0.25, 0.3) is 0 Å². The van der Waals surface area contributed by atoms with Gasteiger partial charge in [-0.2, -0.15) is 0 Å². The molecule has 6 rings (SSSR count). The Morgan fingerprint density at radius 3 is 1.69 bits per heavy atom. The molecule has 0 unspecified atom stereocenters. The highest BCUT2D eigenvalue weighted by atomic mass is 16.6. The molecule has 0 bridgehead atoms. The normalized spacial score (nSPS) is 27.8. The third-order valence-corrected chi connectivity index (χ3v) is 11.0. The van der Waals surface area contributed by atoms with Gasteiger partial charge in [-0.1, -0.05) is 41.7 Å². The summed E-state index contributed by atoms with van der Waals surface area (Å²) in [4.78, 5) is 56.3. The van der Waals surface area contributed by atoms with Crippen molar-refractivity contribution >= 4 is 24.1 Å². The number of esters is 2. The molecule has 4 fully saturated rings. The number of methoxy groups -OCH3 is 2. The second kappa shape index (κ2) is 15.1. The second-order valence-corrected chi connectivity index (χ2v) is 14.2. The Bertz CT molecular complexity index is 1780. The number of hydrogen-bond acceptors (Lipinski definition) is 8. The van der Waals surface area contributed by atoms with Gasteiger partial charge in [0.2, 0.25) is 0 Å². The Morgan fingerprint density at radius 2 is 1.20 bits per heavy atom. The molecular weight excluding hydrogens is 648 g/mol. The molecule has 2 heterocycles. The van der Waals surface area contributed by atoms with E-state index in [0.717, 1.165) is 35.1 Å². The van der Waals surface area contributed by atoms with Crippen molar-refractivity contribution in [3.8, 4) is 23.7 Å². The molecule has 2 aliphatic carbocycles. The monoisotopic (exact) mass is 694 g/mol. The molecule has 6 atom stereocenters. The summed E-state index contributed by atoms with van der Waals surface area (Å²) in [7, 11) is 2.72. The average molecular weight is 695 g/mol. The smallest absolute Gasteiger partial charge is 0.409 e. The van der Waals surface area contributed by atoms with Crippen molar-refractivity contribution in [1.82, 2.24) is 9.80 Å². The molecule has 2 aromatic carbocycles. The van der Waals surface area contributed by atoms with E-state index < -0.39 is 41.7 Å².